The van der Waals surface area contributed by atoms with Crippen LogP contribution >= 0.6 is 11.6 Å². The van der Waals surface area contributed by atoms with E-state index < -0.39 is 0 Å². The first-order valence-electron chi connectivity index (χ1n) is 5.93. The summed E-state index contributed by atoms with van der Waals surface area (Å²) < 4.78 is 1.57. The number of halogens is 1. The highest BCUT2D eigenvalue weighted by Crippen LogP contribution is 2.14. The third-order valence-corrected chi connectivity index (χ3v) is 3.06. The molecule has 2 aromatic heterocycles. The quantitative estimate of drug-likeness (QED) is 0.738. The highest BCUT2D eigenvalue weighted by atomic mass is 35.5. The van der Waals surface area contributed by atoms with Crippen LogP contribution < -0.4 is 11.3 Å². The van der Waals surface area contributed by atoms with Gasteiger partial charge in [-0.05, 0) is 18.2 Å². The highest BCUT2D eigenvalue weighted by molar-refractivity contribution is 6.31. The second-order valence-corrected chi connectivity index (χ2v) is 4.72. The monoisotopic (exact) mass is 290 g/mol. The lowest BCUT2D eigenvalue weighted by Gasteiger charge is -2.03. The lowest BCUT2D eigenvalue weighted by molar-refractivity contribution is 0.625. The topological polar surface area (TPSA) is 102 Å². The molecule has 0 saturated heterocycles. The SMILES string of the molecule is NCc1cn(Cc2nc3ccc(Cl)cc3c(=O)[nH]2)nn1. The Balaban J connectivity index is 2.00. The van der Waals surface area contributed by atoms with Crippen molar-refractivity contribution >= 4 is 22.5 Å². The molecule has 0 unspecified atom stereocenters. The summed E-state index contributed by atoms with van der Waals surface area (Å²) in [5.74, 6) is 0.498. The number of aromatic amines is 1. The number of hydrogen-bond donors (Lipinski definition) is 2. The molecule has 1 aromatic carbocycles. The van der Waals surface area contributed by atoms with Gasteiger partial charge in [0.05, 0.1) is 22.8 Å². The van der Waals surface area contributed by atoms with Crippen molar-refractivity contribution in [2.75, 3.05) is 0 Å². The fourth-order valence-corrected chi connectivity index (χ4v) is 2.07. The van der Waals surface area contributed by atoms with E-state index in [0.717, 1.165) is 0 Å². The third-order valence-electron chi connectivity index (χ3n) is 2.82. The van der Waals surface area contributed by atoms with Gasteiger partial charge in [-0.15, -0.1) is 5.10 Å². The lowest BCUT2D eigenvalue weighted by Crippen LogP contribution is -2.14. The molecule has 7 nitrogen and oxygen atoms in total. The molecule has 20 heavy (non-hydrogen) atoms. The van der Waals surface area contributed by atoms with Gasteiger partial charge in [0.25, 0.3) is 5.56 Å². The molecule has 0 spiro atoms. The summed E-state index contributed by atoms with van der Waals surface area (Å²) in [6.45, 7) is 0.640. The van der Waals surface area contributed by atoms with Crippen molar-refractivity contribution in [2.24, 2.45) is 5.73 Å². The Morgan fingerprint density at radius 3 is 3.00 bits per heavy atom. The molecule has 3 aromatic rings. The molecule has 0 aliphatic carbocycles. The van der Waals surface area contributed by atoms with Crippen molar-refractivity contribution in [3.05, 3.63) is 51.3 Å². The van der Waals surface area contributed by atoms with E-state index in [4.69, 9.17) is 17.3 Å². The van der Waals surface area contributed by atoms with Crippen molar-refractivity contribution in [3.8, 4) is 0 Å². The van der Waals surface area contributed by atoms with E-state index in [9.17, 15) is 4.79 Å². The van der Waals surface area contributed by atoms with Crippen LogP contribution in [-0.2, 0) is 13.1 Å². The first-order chi connectivity index (χ1) is 9.65. The maximum Gasteiger partial charge on any atom is 0.258 e. The second kappa shape index (κ2) is 5.03. The molecule has 8 heteroatoms. The average molecular weight is 291 g/mol. The minimum atomic E-state index is -0.230. The standard InChI is InChI=1S/C12H11ClN6O/c13-7-1-2-10-9(3-7)12(20)16-11(15-10)6-19-5-8(4-14)17-18-19/h1-3,5H,4,6,14H2,(H,15,16,20). The van der Waals surface area contributed by atoms with Gasteiger partial charge in [0, 0.05) is 11.6 Å². The zero-order valence-corrected chi connectivity index (χ0v) is 11.1. The number of nitrogens with zero attached hydrogens (tertiary/aromatic N) is 4. The van der Waals surface area contributed by atoms with E-state index in [0.29, 0.717) is 40.5 Å². The highest BCUT2D eigenvalue weighted by Gasteiger charge is 2.06. The van der Waals surface area contributed by atoms with Crippen LogP contribution in [-0.4, -0.2) is 25.0 Å². The summed E-state index contributed by atoms with van der Waals surface area (Å²) in [7, 11) is 0. The minimum Gasteiger partial charge on any atom is -0.325 e. The largest absolute Gasteiger partial charge is 0.325 e. The summed E-state index contributed by atoms with van der Waals surface area (Å²) >= 11 is 5.86. The first-order valence-corrected chi connectivity index (χ1v) is 6.31. The van der Waals surface area contributed by atoms with Crippen LogP contribution in [0.4, 0.5) is 0 Å². The van der Waals surface area contributed by atoms with Crippen LogP contribution in [0.1, 0.15) is 11.5 Å². The fraction of sp³-hybridized carbons (Fsp3) is 0.167. The number of nitrogens with one attached hydrogen (secondary N) is 1. The predicted molar refractivity (Wildman–Crippen MR) is 74.4 cm³/mol. The number of fused-ring (bicyclic) bond motifs is 1. The normalized spacial score (nSPS) is 11.1. The fourth-order valence-electron chi connectivity index (χ4n) is 1.90. The van der Waals surface area contributed by atoms with Gasteiger partial charge in [-0.25, -0.2) is 9.67 Å². The van der Waals surface area contributed by atoms with Crippen LogP contribution in [0, 0.1) is 0 Å². The molecule has 3 N–H and O–H groups in total. The summed E-state index contributed by atoms with van der Waals surface area (Å²) in [5, 5.41) is 8.75. The predicted octanol–water partition coefficient (Wildman–Crippen LogP) is 0.675. The van der Waals surface area contributed by atoms with Gasteiger partial charge in [0.1, 0.15) is 12.4 Å². The number of hydrogen-bond acceptors (Lipinski definition) is 5. The minimum absolute atomic E-state index is 0.230. The number of aromatic nitrogens is 5. The molecule has 3 rings (SSSR count). The molecule has 102 valence electrons. The molecule has 0 aliphatic heterocycles. The van der Waals surface area contributed by atoms with Crippen molar-refractivity contribution in [2.45, 2.75) is 13.1 Å². The molecule has 0 bridgehead atoms. The number of H-pyrrole nitrogens is 1. The van der Waals surface area contributed by atoms with Crippen molar-refractivity contribution in [1.82, 2.24) is 25.0 Å². The smallest absolute Gasteiger partial charge is 0.258 e. The van der Waals surface area contributed by atoms with Gasteiger partial charge in [-0.2, -0.15) is 0 Å². The van der Waals surface area contributed by atoms with Crippen LogP contribution in [0.2, 0.25) is 5.02 Å². The van der Waals surface area contributed by atoms with E-state index in [1.54, 1.807) is 29.1 Å². The maximum atomic E-state index is 12.0. The van der Waals surface area contributed by atoms with E-state index >= 15 is 0 Å². The average Bonchev–Trinajstić information content (AvgIpc) is 2.87. The van der Waals surface area contributed by atoms with Crippen molar-refractivity contribution < 1.29 is 0 Å². The zero-order chi connectivity index (χ0) is 14.1. The molecule has 0 fully saturated rings. The van der Waals surface area contributed by atoms with Gasteiger partial charge in [0.15, 0.2) is 0 Å². The molecular formula is C12H11ClN6O. The summed E-state index contributed by atoms with van der Waals surface area (Å²) in [6.07, 6.45) is 1.71. The molecule has 0 atom stereocenters. The Hall–Kier alpha value is -2.25. The summed E-state index contributed by atoms with van der Waals surface area (Å²) in [6, 6.07) is 5.00. The van der Waals surface area contributed by atoms with Crippen LogP contribution in [0.15, 0.2) is 29.2 Å². The zero-order valence-electron chi connectivity index (χ0n) is 10.4. The van der Waals surface area contributed by atoms with Crippen molar-refractivity contribution in [1.29, 1.82) is 0 Å². The molecule has 0 amide bonds. The molecule has 0 saturated carbocycles. The molecule has 0 radical (unpaired) electrons. The van der Waals surface area contributed by atoms with E-state index in [2.05, 4.69) is 20.3 Å². The van der Waals surface area contributed by atoms with Crippen LogP contribution in [0.25, 0.3) is 10.9 Å². The number of rotatable bonds is 3. The van der Waals surface area contributed by atoms with Gasteiger partial charge < -0.3 is 10.7 Å². The Bertz CT molecular complexity index is 824. The van der Waals surface area contributed by atoms with Crippen molar-refractivity contribution in [3.63, 3.8) is 0 Å². The first kappa shape index (κ1) is 12.8. The summed E-state index contributed by atoms with van der Waals surface area (Å²) in [5.41, 5.74) is 6.51. The van der Waals surface area contributed by atoms with E-state index in [-0.39, 0.29) is 5.56 Å². The van der Waals surface area contributed by atoms with Gasteiger partial charge in [-0.3, -0.25) is 4.79 Å². The van der Waals surface area contributed by atoms with Gasteiger partial charge in [0.2, 0.25) is 0 Å². The van der Waals surface area contributed by atoms with Gasteiger partial charge in [-0.1, -0.05) is 16.8 Å². The number of benzene rings is 1. The Kier molecular flexibility index (Phi) is 3.21. The molecular weight excluding hydrogens is 280 g/mol. The van der Waals surface area contributed by atoms with E-state index in [1.807, 2.05) is 0 Å². The molecule has 2 heterocycles. The molecule has 0 aliphatic rings. The lowest BCUT2D eigenvalue weighted by atomic mass is 10.2. The second-order valence-electron chi connectivity index (χ2n) is 4.29. The van der Waals surface area contributed by atoms with E-state index in [1.165, 1.54) is 0 Å². The summed E-state index contributed by atoms with van der Waals surface area (Å²) in [4.78, 5) is 19.1. The number of nitrogens with two attached hydrogens (primary N) is 1. The third kappa shape index (κ3) is 2.40. The van der Waals surface area contributed by atoms with Gasteiger partial charge >= 0.3 is 0 Å². The Morgan fingerprint density at radius 2 is 2.25 bits per heavy atom. The maximum absolute atomic E-state index is 12.0. The van der Waals surface area contributed by atoms with Crippen LogP contribution in [0.5, 0.6) is 0 Å². The Morgan fingerprint density at radius 1 is 1.40 bits per heavy atom. The Labute approximate surface area is 118 Å². The van der Waals surface area contributed by atoms with Crippen LogP contribution in [0.3, 0.4) is 0 Å².